The fourth-order valence-corrected chi connectivity index (χ4v) is 5.72. The zero-order chi connectivity index (χ0) is 26.1. The van der Waals surface area contributed by atoms with E-state index in [0.717, 1.165) is 23.3 Å². The van der Waals surface area contributed by atoms with Crippen molar-refractivity contribution in [1.82, 2.24) is 15.1 Å². The maximum absolute atomic E-state index is 13.2. The number of nitrogens with one attached hydrogen (secondary N) is 1. The number of likely N-dealkylation sites (N-methyl/N-ethyl adjacent to an activating group) is 1. The van der Waals surface area contributed by atoms with Crippen molar-refractivity contribution in [2.45, 2.75) is 58.5 Å². The summed E-state index contributed by atoms with van der Waals surface area (Å²) in [5.41, 5.74) is 1.43. The Kier molecular flexibility index (Phi) is 7.46. The summed E-state index contributed by atoms with van der Waals surface area (Å²) >= 11 is 0. The molecule has 2 amide bonds. The second kappa shape index (κ2) is 10.3. The maximum atomic E-state index is 13.2. The molecule has 2 N–H and O–H groups in total. The summed E-state index contributed by atoms with van der Waals surface area (Å²) in [6.07, 6.45) is 8.94. The van der Waals surface area contributed by atoms with Crippen LogP contribution < -0.4 is 5.32 Å². The standard InChI is InChI=1S/C30H41N3O3/c1-21(16-23-10-9-11-23)28(35)32-15-14-30(36,29(3,4)19-32)20-33-18-26(27(34)31-5)25(17-22(33)2)24-12-7-6-8-13-24/h6-8,12-13,17-18,21,23,36H,2,9-11,14-16,19-20H2,1,3-5H3,(H,31,34)/t21-,30?/m1/s1. The summed E-state index contributed by atoms with van der Waals surface area (Å²) in [6, 6.07) is 9.78. The van der Waals surface area contributed by atoms with Crippen LogP contribution in [0.4, 0.5) is 0 Å². The molecule has 36 heavy (non-hydrogen) atoms. The van der Waals surface area contributed by atoms with Gasteiger partial charge in [-0.2, -0.15) is 0 Å². The molecule has 4 rings (SSSR count). The molecule has 2 aliphatic heterocycles. The molecule has 6 nitrogen and oxygen atoms in total. The Morgan fingerprint density at radius 3 is 2.50 bits per heavy atom. The van der Waals surface area contributed by atoms with Crippen LogP contribution in [-0.2, 0) is 9.59 Å². The average Bonchev–Trinajstić information content (AvgIpc) is 2.83. The molecule has 0 bridgehead atoms. The van der Waals surface area contributed by atoms with Gasteiger partial charge in [0.25, 0.3) is 5.91 Å². The van der Waals surface area contributed by atoms with Crippen LogP contribution in [0.1, 0.15) is 58.4 Å². The van der Waals surface area contributed by atoms with Gasteiger partial charge < -0.3 is 20.2 Å². The van der Waals surface area contributed by atoms with Crippen LogP contribution in [0.15, 0.2) is 60.5 Å². The summed E-state index contributed by atoms with van der Waals surface area (Å²) in [4.78, 5) is 29.8. The molecule has 0 aromatic heterocycles. The molecule has 1 saturated carbocycles. The second-order valence-electron chi connectivity index (χ2n) is 11.5. The van der Waals surface area contributed by atoms with Crippen molar-refractivity contribution in [3.05, 3.63) is 66.0 Å². The van der Waals surface area contributed by atoms with Crippen LogP contribution >= 0.6 is 0 Å². The van der Waals surface area contributed by atoms with E-state index in [-0.39, 0.29) is 17.7 Å². The van der Waals surface area contributed by atoms with Gasteiger partial charge in [0.2, 0.25) is 5.91 Å². The summed E-state index contributed by atoms with van der Waals surface area (Å²) in [5.74, 6) is 0.740. The lowest BCUT2D eigenvalue weighted by Gasteiger charge is -2.52. The zero-order valence-corrected chi connectivity index (χ0v) is 22.2. The van der Waals surface area contributed by atoms with Crippen LogP contribution in [-0.4, -0.2) is 59.0 Å². The quantitative estimate of drug-likeness (QED) is 0.595. The summed E-state index contributed by atoms with van der Waals surface area (Å²) in [5, 5.41) is 14.6. The number of piperidine rings is 1. The van der Waals surface area contributed by atoms with E-state index < -0.39 is 11.0 Å². The minimum atomic E-state index is -1.05. The third-order valence-corrected chi connectivity index (χ3v) is 8.53. The molecule has 2 atom stereocenters. The van der Waals surface area contributed by atoms with E-state index in [9.17, 15) is 14.7 Å². The second-order valence-corrected chi connectivity index (χ2v) is 11.5. The van der Waals surface area contributed by atoms with E-state index in [4.69, 9.17) is 0 Å². The van der Waals surface area contributed by atoms with Crippen LogP contribution in [0.5, 0.6) is 0 Å². The van der Waals surface area contributed by atoms with Crippen molar-refractivity contribution < 1.29 is 14.7 Å². The van der Waals surface area contributed by atoms with Gasteiger partial charge in [-0.15, -0.1) is 0 Å². The molecule has 2 heterocycles. The zero-order valence-electron chi connectivity index (χ0n) is 22.2. The fraction of sp³-hybridized carbons (Fsp3) is 0.533. The lowest BCUT2D eigenvalue weighted by molar-refractivity contribution is -0.156. The Labute approximate surface area is 215 Å². The van der Waals surface area contributed by atoms with Crippen molar-refractivity contribution in [1.29, 1.82) is 0 Å². The van der Waals surface area contributed by atoms with Gasteiger partial charge in [0.05, 0.1) is 17.7 Å². The van der Waals surface area contributed by atoms with E-state index in [1.54, 1.807) is 13.2 Å². The number of likely N-dealkylation sites (tertiary alicyclic amines) is 1. The van der Waals surface area contributed by atoms with Gasteiger partial charge in [0.15, 0.2) is 0 Å². The van der Waals surface area contributed by atoms with Gasteiger partial charge in [-0.3, -0.25) is 9.59 Å². The lowest BCUT2D eigenvalue weighted by atomic mass is 9.69. The summed E-state index contributed by atoms with van der Waals surface area (Å²) in [6.45, 7) is 11.7. The number of hydrogen-bond donors (Lipinski definition) is 2. The van der Waals surface area contributed by atoms with E-state index in [2.05, 4.69) is 11.9 Å². The highest BCUT2D eigenvalue weighted by atomic mass is 16.3. The Bertz CT molecular complexity index is 1070. The van der Waals surface area contributed by atoms with Crippen LogP contribution in [0, 0.1) is 17.3 Å². The van der Waals surface area contributed by atoms with E-state index in [0.29, 0.717) is 37.5 Å². The molecular formula is C30H41N3O3. The molecule has 2 fully saturated rings. The molecule has 3 aliphatic rings. The predicted molar refractivity (Wildman–Crippen MR) is 143 cm³/mol. The van der Waals surface area contributed by atoms with Gasteiger partial charge in [0.1, 0.15) is 0 Å². The number of nitrogens with zero attached hydrogens (tertiary/aromatic N) is 2. The smallest absolute Gasteiger partial charge is 0.253 e. The largest absolute Gasteiger partial charge is 0.387 e. The highest BCUT2D eigenvalue weighted by molar-refractivity contribution is 6.09. The number of amides is 2. The molecule has 1 saturated heterocycles. The molecule has 1 unspecified atom stereocenters. The van der Waals surface area contributed by atoms with Gasteiger partial charge >= 0.3 is 0 Å². The van der Waals surface area contributed by atoms with Crippen molar-refractivity contribution in [2.24, 2.45) is 17.3 Å². The number of carbonyl (C=O) groups is 2. The Hall–Kier alpha value is -2.86. The van der Waals surface area contributed by atoms with Crippen LogP contribution in [0.3, 0.4) is 0 Å². The minimum absolute atomic E-state index is 0.0266. The summed E-state index contributed by atoms with van der Waals surface area (Å²) in [7, 11) is 1.62. The average molecular weight is 492 g/mol. The Balaban J connectivity index is 1.50. The third-order valence-electron chi connectivity index (χ3n) is 8.53. The van der Waals surface area contributed by atoms with Crippen molar-refractivity contribution in [3.63, 3.8) is 0 Å². The molecule has 6 heteroatoms. The van der Waals surface area contributed by atoms with Gasteiger partial charge in [0, 0.05) is 43.4 Å². The highest BCUT2D eigenvalue weighted by Crippen LogP contribution is 2.42. The Morgan fingerprint density at radius 2 is 1.92 bits per heavy atom. The SMILES string of the molecule is C=C1C=C(c2ccccc2)C(C(=O)NC)=CN1CC1(O)CCN(C(=O)[C@H](C)CC2CCC2)CC1(C)C. The lowest BCUT2D eigenvalue weighted by Crippen LogP contribution is -2.62. The molecule has 0 radical (unpaired) electrons. The topological polar surface area (TPSA) is 72.9 Å². The van der Waals surface area contributed by atoms with Crippen molar-refractivity contribution in [3.8, 4) is 0 Å². The van der Waals surface area contributed by atoms with E-state index >= 15 is 0 Å². The highest BCUT2D eigenvalue weighted by Gasteiger charge is 2.50. The predicted octanol–water partition coefficient (Wildman–Crippen LogP) is 4.35. The fourth-order valence-electron chi connectivity index (χ4n) is 5.72. The summed E-state index contributed by atoms with van der Waals surface area (Å²) < 4.78 is 0. The third kappa shape index (κ3) is 5.15. The first-order valence-corrected chi connectivity index (χ1v) is 13.2. The Morgan fingerprint density at radius 1 is 1.22 bits per heavy atom. The van der Waals surface area contributed by atoms with E-state index in [1.165, 1.54) is 19.3 Å². The van der Waals surface area contributed by atoms with Crippen molar-refractivity contribution in [2.75, 3.05) is 26.7 Å². The van der Waals surface area contributed by atoms with Gasteiger partial charge in [-0.1, -0.05) is 76.9 Å². The first kappa shape index (κ1) is 26.2. The normalized spacial score (nSPS) is 25.0. The first-order valence-electron chi connectivity index (χ1n) is 13.2. The van der Waals surface area contributed by atoms with E-state index in [1.807, 2.05) is 67.0 Å². The van der Waals surface area contributed by atoms with Gasteiger partial charge in [-0.25, -0.2) is 0 Å². The molecule has 1 aromatic rings. The van der Waals surface area contributed by atoms with Crippen LogP contribution in [0.25, 0.3) is 5.57 Å². The number of rotatable bonds is 7. The molecular weight excluding hydrogens is 450 g/mol. The van der Waals surface area contributed by atoms with Crippen LogP contribution in [0.2, 0.25) is 0 Å². The molecule has 1 aromatic carbocycles. The number of hydrogen-bond acceptors (Lipinski definition) is 4. The number of carbonyl (C=O) groups excluding carboxylic acids is 2. The number of β-amino-alcohol motifs (C(OH)–C–C–N with tert-alkyl or cyclic N) is 1. The number of allylic oxidation sites excluding steroid dienone is 1. The maximum Gasteiger partial charge on any atom is 0.253 e. The molecule has 1 aliphatic carbocycles. The number of aliphatic hydroxyl groups is 1. The molecule has 0 spiro atoms. The number of benzene rings is 1. The first-order chi connectivity index (χ1) is 17.0. The minimum Gasteiger partial charge on any atom is -0.387 e. The molecule has 194 valence electrons. The van der Waals surface area contributed by atoms with Crippen molar-refractivity contribution >= 4 is 17.4 Å². The monoisotopic (exact) mass is 491 g/mol. The van der Waals surface area contributed by atoms with Gasteiger partial charge in [-0.05, 0) is 36.0 Å².